The van der Waals surface area contributed by atoms with Gasteiger partial charge in [0, 0.05) is 11.4 Å². The molecule has 3 rings (SSSR count). The summed E-state index contributed by atoms with van der Waals surface area (Å²) in [7, 11) is 1.39. The highest BCUT2D eigenvalue weighted by Crippen LogP contribution is 2.40. The molecule has 0 aromatic carbocycles. The number of likely N-dealkylation sites (tertiary alicyclic amines) is 1. The molecule has 0 radical (unpaired) electrons. The van der Waals surface area contributed by atoms with Crippen molar-refractivity contribution >= 4 is 23.2 Å². The summed E-state index contributed by atoms with van der Waals surface area (Å²) in [6.45, 7) is 1.88. The van der Waals surface area contributed by atoms with Gasteiger partial charge in [0.2, 0.25) is 0 Å². The van der Waals surface area contributed by atoms with E-state index in [0.29, 0.717) is 11.6 Å². The standard InChI is InChI=1S/C15H20N2O3S/c1-9-16-11(8-21-9)14(18)17-12-6-4-3-5-10(12)7-13(17)15(19)20-2/h8,10,12-13H,3-7H2,1-2H3/t10-,12-,13-/m0/s1. The highest BCUT2D eigenvalue weighted by Gasteiger charge is 2.48. The number of aromatic nitrogens is 1. The Balaban J connectivity index is 1.90. The lowest BCUT2D eigenvalue weighted by Gasteiger charge is -2.32. The van der Waals surface area contributed by atoms with Crippen molar-refractivity contribution in [3.8, 4) is 0 Å². The number of methoxy groups -OCH3 is 1. The smallest absolute Gasteiger partial charge is 0.328 e. The third-order valence-electron chi connectivity index (χ3n) is 4.63. The lowest BCUT2D eigenvalue weighted by atomic mass is 9.84. The maximum absolute atomic E-state index is 12.8. The van der Waals surface area contributed by atoms with E-state index in [1.165, 1.54) is 24.9 Å². The molecule has 0 spiro atoms. The lowest BCUT2D eigenvalue weighted by Crippen LogP contribution is -2.46. The molecule has 5 nitrogen and oxygen atoms in total. The Morgan fingerprint density at radius 1 is 1.38 bits per heavy atom. The first kappa shape index (κ1) is 14.5. The van der Waals surface area contributed by atoms with Crippen molar-refractivity contribution in [1.29, 1.82) is 0 Å². The fraction of sp³-hybridized carbons (Fsp3) is 0.667. The molecule has 1 aliphatic heterocycles. The molecule has 0 bridgehead atoms. The topological polar surface area (TPSA) is 59.5 Å². The van der Waals surface area contributed by atoms with Crippen LogP contribution < -0.4 is 0 Å². The number of fused-ring (bicyclic) bond motifs is 1. The van der Waals surface area contributed by atoms with Crippen LogP contribution in [0.3, 0.4) is 0 Å². The Morgan fingerprint density at radius 2 is 2.14 bits per heavy atom. The Kier molecular flexibility index (Phi) is 3.97. The Morgan fingerprint density at radius 3 is 2.81 bits per heavy atom. The second-order valence-corrected chi connectivity index (χ2v) is 6.91. The zero-order chi connectivity index (χ0) is 15.0. The van der Waals surface area contributed by atoms with Gasteiger partial charge in [-0.05, 0) is 32.1 Å². The molecule has 1 aromatic rings. The summed E-state index contributed by atoms with van der Waals surface area (Å²) in [4.78, 5) is 30.9. The van der Waals surface area contributed by atoms with Gasteiger partial charge < -0.3 is 9.64 Å². The summed E-state index contributed by atoms with van der Waals surface area (Å²) >= 11 is 1.46. The van der Waals surface area contributed by atoms with Crippen LogP contribution in [-0.2, 0) is 9.53 Å². The Bertz CT molecular complexity index is 557. The number of thiazole rings is 1. The number of carbonyl (C=O) groups excluding carboxylic acids is 2. The maximum Gasteiger partial charge on any atom is 0.328 e. The van der Waals surface area contributed by atoms with E-state index >= 15 is 0 Å². The largest absolute Gasteiger partial charge is 0.467 e. The van der Waals surface area contributed by atoms with Gasteiger partial charge in [0.15, 0.2) is 0 Å². The van der Waals surface area contributed by atoms with Crippen molar-refractivity contribution in [1.82, 2.24) is 9.88 Å². The van der Waals surface area contributed by atoms with E-state index in [-0.39, 0.29) is 17.9 Å². The van der Waals surface area contributed by atoms with Crippen molar-refractivity contribution in [2.75, 3.05) is 7.11 Å². The van der Waals surface area contributed by atoms with Gasteiger partial charge in [-0.2, -0.15) is 0 Å². The number of aryl methyl sites for hydroxylation is 1. The van der Waals surface area contributed by atoms with E-state index < -0.39 is 6.04 Å². The van der Waals surface area contributed by atoms with Gasteiger partial charge in [0.05, 0.1) is 12.1 Å². The molecule has 1 saturated carbocycles. The minimum Gasteiger partial charge on any atom is -0.467 e. The number of rotatable bonds is 2. The summed E-state index contributed by atoms with van der Waals surface area (Å²) in [5, 5.41) is 2.65. The summed E-state index contributed by atoms with van der Waals surface area (Å²) in [6, 6.07) is -0.282. The molecular weight excluding hydrogens is 288 g/mol. The molecule has 21 heavy (non-hydrogen) atoms. The van der Waals surface area contributed by atoms with Gasteiger partial charge in [0.25, 0.3) is 5.91 Å². The van der Waals surface area contributed by atoms with Crippen LogP contribution in [0.5, 0.6) is 0 Å². The molecule has 6 heteroatoms. The number of ether oxygens (including phenoxy) is 1. The van der Waals surface area contributed by atoms with Gasteiger partial charge >= 0.3 is 5.97 Å². The summed E-state index contributed by atoms with van der Waals surface area (Å²) in [6.07, 6.45) is 5.11. The molecule has 2 heterocycles. The second kappa shape index (κ2) is 5.75. The average molecular weight is 308 g/mol. The average Bonchev–Trinajstić information content (AvgIpc) is 3.09. The van der Waals surface area contributed by atoms with Crippen molar-refractivity contribution in [3.63, 3.8) is 0 Å². The van der Waals surface area contributed by atoms with E-state index in [2.05, 4.69) is 4.98 Å². The molecule has 1 aromatic heterocycles. The minimum absolute atomic E-state index is 0.121. The summed E-state index contributed by atoms with van der Waals surface area (Å²) in [5.74, 6) is 0.000356. The van der Waals surface area contributed by atoms with E-state index in [9.17, 15) is 9.59 Å². The molecule has 0 N–H and O–H groups in total. The number of nitrogens with zero attached hydrogens (tertiary/aromatic N) is 2. The number of amides is 1. The van der Waals surface area contributed by atoms with Gasteiger partial charge in [-0.3, -0.25) is 4.79 Å². The lowest BCUT2D eigenvalue weighted by molar-refractivity contribution is -0.145. The fourth-order valence-corrected chi connectivity index (χ4v) is 4.28. The van der Waals surface area contributed by atoms with Gasteiger partial charge in [-0.25, -0.2) is 9.78 Å². The zero-order valence-electron chi connectivity index (χ0n) is 12.4. The Labute approximate surface area is 128 Å². The first-order valence-electron chi connectivity index (χ1n) is 7.44. The number of hydrogen-bond acceptors (Lipinski definition) is 5. The predicted molar refractivity (Wildman–Crippen MR) is 79.2 cm³/mol. The summed E-state index contributed by atoms with van der Waals surface area (Å²) < 4.78 is 4.91. The monoisotopic (exact) mass is 308 g/mol. The van der Waals surface area contributed by atoms with Crippen molar-refractivity contribution in [3.05, 3.63) is 16.1 Å². The fourth-order valence-electron chi connectivity index (χ4n) is 3.69. The zero-order valence-corrected chi connectivity index (χ0v) is 13.2. The molecule has 1 saturated heterocycles. The number of hydrogen-bond donors (Lipinski definition) is 0. The van der Waals surface area contributed by atoms with Crippen LogP contribution in [0.15, 0.2) is 5.38 Å². The first-order chi connectivity index (χ1) is 10.1. The van der Waals surface area contributed by atoms with Gasteiger partial charge in [-0.1, -0.05) is 12.8 Å². The first-order valence-corrected chi connectivity index (χ1v) is 8.32. The van der Waals surface area contributed by atoms with E-state index in [1.54, 1.807) is 10.3 Å². The molecule has 1 amide bonds. The highest BCUT2D eigenvalue weighted by atomic mass is 32.1. The van der Waals surface area contributed by atoms with Crippen molar-refractivity contribution < 1.29 is 14.3 Å². The predicted octanol–water partition coefficient (Wildman–Crippen LogP) is 2.40. The third kappa shape index (κ3) is 2.57. The van der Waals surface area contributed by atoms with Crippen LogP contribution in [0.1, 0.15) is 47.6 Å². The SMILES string of the molecule is COC(=O)[C@@H]1C[C@@H]2CCCC[C@@H]2N1C(=O)c1csc(C)n1. The Hall–Kier alpha value is -1.43. The molecule has 0 unspecified atom stereocenters. The van der Waals surface area contributed by atoms with Crippen LogP contribution in [0, 0.1) is 12.8 Å². The van der Waals surface area contributed by atoms with E-state index in [0.717, 1.165) is 30.7 Å². The van der Waals surface area contributed by atoms with E-state index in [4.69, 9.17) is 4.74 Å². The molecule has 1 aliphatic carbocycles. The van der Waals surface area contributed by atoms with Crippen molar-refractivity contribution in [2.45, 2.75) is 51.1 Å². The number of esters is 1. The number of carbonyl (C=O) groups is 2. The summed E-state index contributed by atoms with van der Waals surface area (Å²) in [5.41, 5.74) is 0.456. The molecule has 114 valence electrons. The van der Waals surface area contributed by atoms with Gasteiger partial charge in [0.1, 0.15) is 11.7 Å². The third-order valence-corrected chi connectivity index (χ3v) is 5.41. The normalized spacial score (nSPS) is 28.3. The van der Waals surface area contributed by atoms with Crippen LogP contribution in [-0.4, -0.2) is 41.0 Å². The van der Waals surface area contributed by atoms with E-state index in [1.807, 2.05) is 6.92 Å². The maximum atomic E-state index is 12.8. The van der Waals surface area contributed by atoms with Crippen LogP contribution in [0.25, 0.3) is 0 Å². The van der Waals surface area contributed by atoms with Crippen LogP contribution in [0.2, 0.25) is 0 Å². The second-order valence-electron chi connectivity index (χ2n) is 5.85. The molecule has 3 atom stereocenters. The van der Waals surface area contributed by atoms with Gasteiger partial charge in [-0.15, -0.1) is 11.3 Å². The van der Waals surface area contributed by atoms with Crippen LogP contribution in [0.4, 0.5) is 0 Å². The van der Waals surface area contributed by atoms with Crippen LogP contribution >= 0.6 is 11.3 Å². The minimum atomic E-state index is -0.447. The highest BCUT2D eigenvalue weighted by molar-refractivity contribution is 7.09. The molecule has 2 fully saturated rings. The molecular formula is C15H20N2O3S. The van der Waals surface area contributed by atoms with Crippen molar-refractivity contribution in [2.24, 2.45) is 5.92 Å². The molecule has 2 aliphatic rings. The quantitative estimate of drug-likeness (QED) is 0.787.